The van der Waals surface area contributed by atoms with Crippen LogP contribution in [0.4, 0.5) is 0 Å². The summed E-state index contributed by atoms with van der Waals surface area (Å²) in [4.78, 5) is 26.6. The summed E-state index contributed by atoms with van der Waals surface area (Å²) >= 11 is 0. The Hall–Kier alpha value is -1.91. The fourth-order valence-electron chi connectivity index (χ4n) is 1.47. The molecule has 0 saturated heterocycles. The van der Waals surface area contributed by atoms with Crippen molar-refractivity contribution in [1.82, 2.24) is 10.3 Å². The van der Waals surface area contributed by atoms with Crippen molar-refractivity contribution in [2.45, 2.75) is 25.3 Å². The highest BCUT2D eigenvalue weighted by molar-refractivity contribution is 5.97. The minimum absolute atomic E-state index is 0.257. The predicted octanol–water partition coefficient (Wildman–Crippen LogP) is 0.737. The van der Waals surface area contributed by atoms with Crippen molar-refractivity contribution < 1.29 is 14.7 Å². The molecule has 0 radical (unpaired) electrons. The van der Waals surface area contributed by atoms with E-state index in [1.165, 1.54) is 0 Å². The van der Waals surface area contributed by atoms with Gasteiger partial charge >= 0.3 is 5.97 Å². The Morgan fingerprint density at radius 3 is 2.62 bits per heavy atom. The Labute approximate surface area is 92.5 Å². The number of nitrogens with one attached hydrogen (secondary N) is 1. The van der Waals surface area contributed by atoms with Crippen LogP contribution in [0.15, 0.2) is 18.2 Å². The third kappa shape index (κ3) is 1.88. The fraction of sp³-hybridized carbons (Fsp3) is 0.364. The van der Waals surface area contributed by atoms with Crippen molar-refractivity contribution in [2.24, 2.45) is 0 Å². The first-order chi connectivity index (χ1) is 7.53. The molecule has 1 aliphatic carbocycles. The van der Waals surface area contributed by atoms with Gasteiger partial charge in [0.05, 0.1) is 0 Å². The van der Waals surface area contributed by atoms with Crippen LogP contribution in [0, 0.1) is 6.92 Å². The number of carboxylic acids is 1. The second kappa shape index (κ2) is 3.59. The summed E-state index contributed by atoms with van der Waals surface area (Å²) in [5.41, 5.74) is -0.0666. The first kappa shape index (κ1) is 10.6. The maximum atomic E-state index is 11.7. The standard InChI is InChI=1S/C11H12N2O3/c1-7-3-2-4-8(12-7)9(14)13-11(5-6-11)10(15)16/h2-4H,5-6H2,1H3,(H,13,14)(H,15,16). The topological polar surface area (TPSA) is 79.3 Å². The first-order valence-electron chi connectivity index (χ1n) is 5.03. The van der Waals surface area contributed by atoms with Crippen LogP contribution in [0.3, 0.4) is 0 Å². The Morgan fingerprint density at radius 2 is 2.12 bits per heavy atom. The summed E-state index contributed by atoms with van der Waals surface area (Å²) in [6, 6.07) is 5.07. The average molecular weight is 220 g/mol. The minimum Gasteiger partial charge on any atom is -0.480 e. The molecule has 1 aromatic heterocycles. The molecule has 5 heteroatoms. The van der Waals surface area contributed by atoms with Crippen LogP contribution in [0.5, 0.6) is 0 Å². The van der Waals surface area contributed by atoms with Crippen LogP contribution in [0.25, 0.3) is 0 Å². The van der Waals surface area contributed by atoms with Crippen molar-refractivity contribution in [3.8, 4) is 0 Å². The largest absolute Gasteiger partial charge is 0.480 e. The maximum absolute atomic E-state index is 11.7. The number of aryl methyl sites for hydroxylation is 1. The number of aromatic nitrogens is 1. The fourth-order valence-corrected chi connectivity index (χ4v) is 1.47. The summed E-state index contributed by atoms with van der Waals surface area (Å²) in [6.45, 7) is 1.78. The minimum atomic E-state index is -1.05. The van der Waals surface area contributed by atoms with Crippen LogP contribution in [0.1, 0.15) is 29.0 Å². The molecule has 5 nitrogen and oxygen atoms in total. The second-order valence-corrected chi connectivity index (χ2v) is 4.01. The molecule has 0 aromatic carbocycles. The van der Waals surface area contributed by atoms with E-state index in [1.54, 1.807) is 25.1 Å². The smallest absolute Gasteiger partial charge is 0.329 e. The molecule has 0 unspecified atom stereocenters. The van der Waals surface area contributed by atoms with E-state index < -0.39 is 17.4 Å². The molecule has 2 N–H and O–H groups in total. The van der Waals surface area contributed by atoms with Crippen molar-refractivity contribution in [1.29, 1.82) is 0 Å². The Balaban J connectivity index is 2.12. The zero-order valence-corrected chi connectivity index (χ0v) is 8.86. The summed E-state index contributed by atoms with van der Waals surface area (Å²) < 4.78 is 0. The van der Waals surface area contributed by atoms with Gasteiger partial charge in [0, 0.05) is 5.69 Å². The van der Waals surface area contributed by atoms with Crippen molar-refractivity contribution in [3.05, 3.63) is 29.6 Å². The Morgan fingerprint density at radius 1 is 1.44 bits per heavy atom. The monoisotopic (exact) mass is 220 g/mol. The van der Waals surface area contributed by atoms with E-state index in [4.69, 9.17) is 5.11 Å². The normalized spacial score (nSPS) is 16.6. The van der Waals surface area contributed by atoms with Gasteiger partial charge in [-0.15, -0.1) is 0 Å². The first-order valence-corrected chi connectivity index (χ1v) is 5.03. The molecule has 2 rings (SSSR count). The summed E-state index contributed by atoms with van der Waals surface area (Å²) in [6.07, 6.45) is 0.972. The number of pyridine rings is 1. The average Bonchev–Trinajstić information content (AvgIpc) is 2.99. The third-order valence-corrected chi connectivity index (χ3v) is 2.63. The highest BCUT2D eigenvalue weighted by Gasteiger charge is 2.51. The lowest BCUT2D eigenvalue weighted by Crippen LogP contribution is -2.43. The molecular weight excluding hydrogens is 208 g/mol. The zero-order chi connectivity index (χ0) is 11.8. The molecule has 1 fully saturated rings. The van der Waals surface area contributed by atoms with Crippen molar-refractivity contribution in [3.63, 3.8) is 0 Å². The molecule has 0 bridgehead atoms. The van der Waals surface area contributed by atoms with Crippen LogP contribution in [0.2, 0.25) is 0 Å². The van der Waals surface area contributed by atoms with Crippen LogP contribution >= 0.6 is 0 Å². The Bertz CT molecular complexity index is 452. The molecule has 84 valence electrons. The van der Waals surface area contributed by atoms with Crippen molar-refractivity contribution in [2.75, 3.05) is 0 Å². The lowest BCUT2D eigenvalue weighted by molar-refractivity contribution is -0.140. The van der Waals surface area contributed by atoms with E-state index in [-0.39, 0.29) is 5.69 Å². The number of hydrogen-bond donors (Lipinski definition) is 2. The van der Waals surface area contributed by atoms with E-state index in [0.717, 1.165) is 5.69 Å². The van der Waals surface area contributed by atoms with Gasteiger partial charge in [0.1, 0.15) is 11.2 Å². The molecule has 1 aliphatic rings. The highest BCUT2D eigenvalue weighted by Crippen LogP contribution is 2.35. The lowest BCUT2D eigenvalue weighted by atomic mass is 10.2. The molecule has 0 spiro atoms. The van der Waals surface area contributed by atoms with Gasteiger partial charge in [-0.2, -0.15) is 0 Å². The van der Waals surface area contributed by atoms with Gasteiger partial charge in [-0.1, -0.05) is 6.07 Å². The summed E-state index contributed by atoms with van der Waals surface area (Å²) in [5.74, 6) is -1.41. The van der Waals surface area contributed by atoms with Gasteiger partial charge < -0.3 is 10.4 Å². The molecule has 16 heavy (non-hydrogen) atoms. The van der Waals surface area contributed by atoms with E-state index >= 15 is 0 Å². The van der Waals surface area contributed by atoms with E-state index in [2.05, 4.69) is 10.3 Å². The number of carbonyl (C=O) groups excluding carboxylic acids is 1. The number of rotatable bonds is 3. The molecular formula is C11H12N2O3. The van der Waals surface area contributed by atoms with Gasteiger partial charge in [-0.3, -0.25) is 4.79 Å². The SMILES string of the molecule is Cc1cccc(C(=O)NC2(C(=O)O)CC2)n1. The zero-order valence-electron chi connectivity index (χ0n) is 8.86. The molecule has 0 atom stereocenters. The maximum Gasteiger partial charge on any atom is 0.329 e. The third-order valence-electron chi connectivity index (χ3n) is 2.63. The summed E-state index contributed by atoms with van der Waals surface area (Å²) in [5, 5.41) is 11.4. The van der Waals surface area contributed by atoms with Gasteiger partial charge in [0.15, 0.2) is 0 Å². The molecule has 1 aromatic rings. The quantitative estimate of drug-likeness (QED) is 0.787. The second-order valence-electron chi connectivity index (χ2n) is 4.01. The summed E-state index contributed by atoms with van der Waals surface area (Å²) in [7, 11) is 0. The number of carbonyl (C=O) groups is 2. The van der Waals surface area contributed by atoms with E-state index in [1.807, 2.05) is 0 Å². The number of carboxylic acid groups (broad SMARTS) is 1. The van der Waals surface area contributed by atoms with E-state index in [0.29, 0.717) is 12.8 Å². The van der Waals surface area contributed by atoms with Crippen LogP contribution in [-0.2, 0) is 4.79 Å². The van der Waals surface area contributed by atoms with Gasteiger partial charge in [0.2, 0.25) is 0 Å². The highest BCUT2D eigenvalue weighted by atomic mass is 16.4. The van der Waals surface area contributed by atoms with Gasteiger partial charge in [0.25, 0.3) is 5.91 Å². The number of nitrogens with zero attached hydrogens (tertiary/aromatic N) is 1. The van der Waals surface area contributed by atoms with Gasteiger partial charge in [-0.05, 0) is 31.9 Å². The van der Waals surface area contributed by atoms with E-state index in [9.17, 15) is 9.59 Å². The number of aliphatic carboxylic acids is 1. The number of hydrogen-bond acceptors (Lipinski definition) is 3. The lowest BCUT2D eigenvalue weighted by Gasteiger charge is -2.11. The van der Waals surface area contributed by atoms with Gasteiger partial charge in [-0.25, -0.2) is 9.78 Å². The number of amides is 1. The van der Waals surface area contributed by atoms with Crippen molar-refractivity contribution >= 4 is 11.9 Å². The molecule has 0 aliphatic heterocycles. The Kier molecular flexibility index (Phi) is 2.38. The molecule has 1 amide bonds. The van der Waals surface area contributed by atoms with Crippen LogP contribution < -0.4 is 5.32 Å². The predicted molar refractivity (Wildman–Crippen MR) is 56.0 cm³/mol. The van der Waals surface area contributed by atoms with Crippen LogP contribution in [-0.4, -0.2) is 27.5 Å². The molecule has 1 saturated carbocycles. The molecule has 1 heterocycles.